The van der Waals surface area contributed by atoms with Gasteiger partial charge in [-0.25, -0.2) is 4.79 Å². The van der Waals surface area contributed by atoms with Crippen LogP contribution >= 0.6 is 0 Å². The molecule has 2 aliphatic rings. The van der Waals surface area contributed by atoms with Crippen molar-refractivity contribution < 1.29 is 0 Å². The molecule has 6 heteroatoms. The normalized spacial score (nSPS) is 25.2. The standard InChI is InChI=1S/C19H25N5O/c20-11-12-7-16(8-12)22-15-3-1-14-10-17(4-2-13(14)9-15)24-6-5-18(21)23-19(24)25/h2,4-6,10,12,15-16,22H,1,3,7-9,11,20H2,(H2,21,23,25)/t12-,15?,16-. The van der Waals surface area contributed by atoms with E-state index in [9.17, 15) is 4.79 Å². The molecular formula is C19H25N5O. The fraction of sp³-hybridized carbons (Fsp3) is 0.474. The molecule has 1 unspecified atom stereocenters. The Kier molecular flexibility index (Phi) is 4.31. The van der Waals surface area contributed by atoms with Crippen LogP contribution in [-0.2, 0) is 12.8 Å². The molecule has 2 aromatic rings. The van der Waals surface area contributed by atoms with Crippen LogP contribution < -0.4 is 22.5 Å². The molecule has 0 radical (unpaired) electrons. The van der Waals surface area contributed by atoms with Crippen LogP contribution in [0.15, 0.2) is 35.3 Å². The molecule has 0 aliphatic heterocycles. The molecule has 1 fully saturated rings. The number of anilines is 1. The Bertz CT molecular complexity index is 825. The maximum absolute atomic E-state index is 12.0. The number of rotatable bonds is 4. The number of aryl methyl sites for hydroxylation is 1. The second-order valence-corrected chi connectivity index (χ2v) is 7.33. The van der Waals surface area contributed by atoms with Gasteiger partial charge in [-0.2, -0.15) is 4.98 Å². The summed E-state index contributed by atoms with van der Waals surface area (Å²) in [6, 6.07) is 9.08. The summed E-state index contributed by atoms with van der Waals surface area (Å²) in [5, 5.41) is 3.79. The van der Waals surface area contributed by atoms with Crippen LogP contribution in [0, 0.1) is 5.92 Å². The van der Waals surface area contributed by atoms with E-state index in [1.165, 1.54) is 24.0 Å². The van der Waals surface area contributed by atoms with Crippen LogP contribution in [0.2, 0.25) is 0 Å². The fourth-order valence-corrected chi connectivity index (χ4v) is 4.04. The molecular weight excluding hydrogens is 314 g/mol. The van der Waals surface area contributed by atoms with E-state index in [2.05, 4.69) is 22.4 Å². The summed E-state index contributed by atoms with van der Waals surface area (Å²) in [4.78, 5) is 15.8. The largest absolute Gasteiger partial charge is 0.383 e. The summed E-state index contributed by atoms with van der Waals surface area (Å²) in [5.41, 5.74) is 14.5. The fourth-order valence-electron chi connectivity index (χ4n) is 4.04. The maximum atomic E-state index is 12.0. The minimum atomic E-state index is -0.338. The number of aromatic nitrogens is 2. The van der Waals surface area contributed by atoms with Crippen LogP contribution in [-0.4, -0.2) is 28.2 Å². The number of nitrogens with one attached hydrogen (secondary N) is 1. The predicted molar refractivity (Wildman–Crippen MR) is 98.8 cm³/mol. The van der Waals surface area contributed by atoms with E-state index >= 15 is 0 Å². The van der Waals surface area contributed by atoms with Crippen molar-refractivity contribution in [3.8, 4) is 5.69 Å². The molecule has 132 valence electrons. The zero-order valence-corrected chi connectivity index (χ0v) is 14.3. The van der Waals surface area contributed by atoms with Crippen molar-refractivity contribution in [2.45, 2.75) is 44.2 Å². The van der Waals surface area contributed by atoms with Gasteiger partial charge in [0.2, 0.25) is 0 Å². The Labute approximate surface area is 147 Å². The van der Waals surface area contributed by atoms with Gasteiger partial charge in [0, 0.05) is 18.3 Å². The third kappa shape index (κ3) is 3.32. The minimum absolute atomic E-state index is 0.251. The molecule has 1 heterocycles. The van der Waals surface area contributed by atoms with E-state index < -0.39 is 0 Å². The van der Waals surface area contributed by atoms with E-state index in [0.717, 1.165) is 31.5 Å². The van der Waals surface area contributed by atoms with E-state index in [1.807, 2.05) is 6.07 Å². The van der Waals surface area contributed by atoms with Crippen molar-refractivity contribution in [1.82, 2.24) is 14.9 Å². The first-order chi connectivity index (χ1) is 12.1. The molecule has 4 rings (SSSR count). The number of nitrogen functional groups attached to an aromatic ring is 1. The molecule has 25 heavy (non-hydrogen) atoms. The Hall–Kier alpha value is -2.18. The lowest BCUT2D eigenvalue weighted by molar-refractivity contribution is 0.205. The van der Waals surface area contributed by atoms with Gasteiger partial charge in [-0.1, -0.05) is 6.07 Å². The molecule has 6 nitrogen and oxygen atoms in total. The van der Waals surface area contributed by atoms with E-state index in [4.69, 9.17) is 11.5 Å². The maximum Gasteiger partial charge on any atom is 0.354 e. The first-order valence-electron chi connectivity index (χ1n) is 9.06. The highest BCUT2D eigenvalue weighted by Crippen LogP contribution is 2.29. The van der Waals surface area contributed by atoms with Crippen molar-refractivity contribution in [1.29, 1.82) is 0 Å². The lowest BCUT2D eigenvalue weighted by atomic mass is 9.79. The van der Waals surface area contributed by atoms with Gasteiger partial charge in [0.15, 0.2) is 0 Å². The van der Waals surface area contributed by atoms with Crippen molar-refractivity contribution in [3.63, 3.8) is 0 Å². The SMILES string of the molecule is NC[C@H]1C[C@H](NC2CCc3cc(-n4ccc(N)nc4=O)ccc3C2)C1. The lowest BCUT2D eigenvalue weighted by Crippen LogP contribution is -2.49. The molecule has 5 N–H and O–H groups in total. The van der Waals surface area contributed by atoms with Crippen LogP contribution in [0.25, 0.3) is 5.69 Å². The quantitative estimate of drug-likeness (QED) is 0.772. The highest BCUT2D eigenvalue weighted by Gasteiger charge is 2.30. The van der Waals surface area contributed by atoms with Crippen molar-refractivity contribution in [2.75, 3.05) is 12.3 Å². The molecule has 1 aromatic heterocycles. The Morgan fingerprint density at radius 2 is 2.04 bits per heavy atom. The zero-order chi connectivity index (χ0) is 17.4. The molecule has 0 saturated heterocycles. The van der Waals surface area contributed by atoms with Crippen LogP contribution in [0.4, 0.5) is 5.82 Å². The number of benzene rings is 1. The first kappa shape index (κ1) is 16.3. The van der Waals surface area contributed by atoms with Gasteiger partial charge in [-0.05, 0) is 73.9 Å². The molecule has 0 amide bonds. The number of nitrogens with zero attached hydrogens (tertiary/aromatic N) is 2. The van der Waals surface area contributed by atoms with Gasteiger partial charge in [0.1, 0.15) is 5.82 Å². The predicted octanol–water partition coefficient (Wildman–Crippen LogP) is 0.999. The van der Waals surface area contributed by atoms with Crippen LogP contribution in [0.3, 0.4) is 0 Å². The highest BCUT2D eigenvalue weighted by molar-refractivity contribution is 5.43. The van der Waals surface area contributed by atoms with Gasteiger partial charge in [0.05, 0.1) is 5.69 Å². The third-order valence-corrected chi connectivity index (χ3v) is 5.56. The summed E-state index contributed by atoms with van der Waals surface area (Å²) in [7, 11) is 0. The monoisotopic (exact) mass is 339 g/mol. The van der Waals surface area contributed by atoms with E-state index in [0.29, 0.717) is 18.0 Å². The lowest BCUT2D eigenvalue weighted by Gasteiger charge is -2.39. The van der Waals surface area contributed by atoms with Crippen LogP contribution in [0.1, 0.15) is 30.4 Å². The van der Waals surface area contributed by atoms with Gasteiger partial charge in [-0.15, -0.1) is 0 Å². The summed E-state index contributed by atoms with van der Waals surface area (Å²) < 4.78 is 1.54. The summed E-state index contributed by atoms with van der Waals surface area (Å²) >= 11 is 0. The number of hydrogen-bond acceptors (Lipinski definition) is 5. The van der Waals surface area contributed by atoms with Gasteiger partial charge >= 0.3 is 5.69 Å². The number of hydrogen-bond donors (Lipinski definition) is 3. The molecule has 2 aliphatic carbocycles. The molecule has 1 aromatic carbocycles. The summed E-state index contributed by atoms with van der Waals surface area (Å²) in [6.45, 7) is 0.813. The summed E-state index contributed by atoms with van der Waals surface area (Å²) in [5.74, 6) is 0.962. The second-order valence-electron chi connectivity index (χ2n) is 7.33. The topological polar surface area (TPSA) is 99.0 Å². The Morgan fingerprint density at radius 3 is 2.80 bits per heavy atom. The van der Waals surface area contributed by atoms with Gasteiger partial charge in [-0.3, -0.25) is 4.57 Å². The number of fused-ring (bicyclic) bond motifs is 1. The molecule has 0 spiro atoms. The minimum Gasteiger partial charge on any atom is -0.383 e. The smallest absolute Gasteiger partial charge is 0.354 e. The first-order valence-corrected chi connectivity index (χ1v) is 9.06. The number of nitrogens with two attached hydrogens (primary N) is 2. The average Bonchev–Trinajstić information content (AvgIpc) is 2.57. The molecule has 1 saturated carbocycles. The van der Waals surface area contributed by atoms with Crippen LogP contribution in [0.5, 0.6) is 0 Å². The summed E-state index contributed by atoms with van der Waals surface area (Å²) in [6.07, 6.45) is 7.33. The molecule has 0 bridgehead atoms. The second kappa shape index (κ2) is 6.61. The van der Waals surface area contributed by atoms with Gasteiger partial charge < -0.3 is 16.8 Å². The third-order valence-electron chi connectivity index (χ3n) is 5.56. The zero-order valence-electron chi connectivity index (χ0n) is 14.3. The van der Waals surface area contributed by atoms with Crippen molar-refractivity contribution >= 4 is 5.82 Å². The van der Waals surface area contributed by atoms with Crippen molar-refractivity contribution in [2.24, 2.45) is 11.7 Å². The Morgan fingerprint density at radius 1 is 1.20 bits per heavy atom. The van der Waals surface area contributed by atoms with Gasteiger partial charge in [0.25, 0.3) is 0 Å². The average molecular weight is 339 g/mol. The van der Waals surface area contributed by atoms with Crippen molar-refractivity contribution in [3.05, 3.63) is 52.1 Å². The Balaban J connectivity index is 1.47. The van der Waals surface area contributed by atoms with E-state index in [1.54, 1.807) is 16.8 Å². The van der Waals surface area contributed by atoms with E-state index in [-0.39, 0.29) is 11.5 Å². The highest BCUT2D eigenvalue weighted by atomic mass is 16.1. The molecule has 1 atom stereocenters.